The molecular formula is C14H19FN2OS. The van der Waals surface area contributed by atoms with E-state index in [-0.39, 0.29) is 11.7 Å². The van der Waals surface area contributed by atoms with E-state index in [0.717, 1.165) is 18.8 Å². The molecule has 1 saturated heterocycles. The molecule has 104 valence electrons. The number of carbonyl (C=O) groups is 1. The maximum Gasteiger partial charge on any atom is 0.234 e. The summed E-state index contributed by atoms with van der Waals surface area (Å²) in [4.78, 5) is 11.7. The minimum absolute atomic E-state index is 0.0274. The summed E-state index contributed by atoms with van der Waals surface area (Å²) < 4.78 is 12.7. The molecule has 0 bridgehead atoms. The summed E-state index contributed by atoms with van der Waals surface area (Å²) in [5.41, 5.74) is 0.645. The van der Waals surface area contributed by atoms with Crippen molar-refractivity contribution in [2.24, 2.45) is 5.92 Å². The van der Waals surface area contributed by atoms with Crippen LogP contribution in [0, 0.1) is 11.7 Å². The van der Waals surface area contributed by atoms with Gasteiger partial charge in [-0.15, -0.1) is 0 Å². The Bertz CT molecular complexity index is 404. The fourth-order valence-electron chi connectivity index (χ4n) is 2.11. The Morgan fingerprint density at radius 1 is 1.42 bits per heavy atom. The van der Waals surface area contributed by atoms with Crippen LogP contribution in [0.3, 0.4) is 0 Å². The van der Waals surface area contributed by atoms with E-state index in [4.69, 9.17) is 0 Å². The van der Waals surface area contributed by atoms with Crippen LogP contribution in [0.4, 0.5) is 10.1 Å². The van der Waals surface area contributed by atoms with Gasteiger partial charge in [0.1, 0.15) is 5.82 Å². The Balaban J connectivity index is 1.65. The van der Waals surface area contributed by atoms with Gasteiger partial charge in [-0.25, -0.2) is 4.39 Å². The Morgan fingerprint density at radius 2 is 2.21 bits per heavy atom. The summed E-state index contributed by atoms with van der Waals surface area (Å²) in [6.07, 6.45) is 2.48. The van der Waals surface area contributed by atoms with E-state index in [9.17, 15) is 9.18 Å². The van der Waals surface area contributed by atoms with Gasteiger partial charge in [0.05, 0.1) is 5.75 Å². The minimum Gasteiger partial charge on any atom is -0.325 e. The van der Waals surface area contributed by atoms with E-state index in [0.29, 0.717) is 17.4 Å². The summed E-state index contributed by atoms with van der Waals surface area (Å²) >= 11 is 1.66. The van der Waals surface area contributed by atoms with Crippen LogP contribution in [0.2, 0.25) is 0 Å². The van der Waals surface area contributed by atoms with Crippen molar-refractivity contribution in [3.63, 3.8) is 0 Å². The highest BCUT2D eigenvalue weighted by atomic mass is 32.2. The van der Waals surface area contributed by atoms with Gasteiger partial charge in [-0.2, -0.15) is 11.8 Å². The first-order chi connectivity index (χ1) is 9.24. The lowest BCUT2D eigenvalue weighted by Crippen LogP contribution is -2.31. The summed E-state index contributed by atoms with van der Waals surface area (Å²) in [6, 6.07) is 5.83. The van der Waals surface area contributed by atoms with Gasteiger partial charge in [0, 0.05) is 5.69 Å². The molecule has 0 saturated carbocycles. The van der Waals surface area contributed by atoms with Crippen LogP contribution in [0.25, 0.3) is 0 Å². The lowest BCUT2D eigenvalue weighted by Gasteiger charge is -2.22. The zero-order chi connectivity index (χ0) is 13.5. The maximum atomic E-state index is 12.7. The van der Waals surface area contributed by atoms with Crippen LogP contribution in [0.1, 0.15) is 12.8 Å². The number of benzene rings is 1. The Kier molecular flexibility index (Phi) is 5.66. The molecule has 1 heterocycles. The van der Waals surface area contributed by atoms with Gasteiger partial charge >= 0.3 is 0 Å². The van der Waals surface area contributed by atoms with Crippen LogP contribution < -0.4 is 10.6 Å². The number of rotatable bonds is 5. The van der Waals surface area contributed by atoms with E-state index >= 15 is 0 Å². The van der Waals surface area contributed by atoms with Crippen molar-refractivity contribution in [3.8, 4) is 0 Å². The van der Waals surface area contributed by atoms with E-state index < -0.39 is 0 Å². The van der Waals surface area contributed by atoms with E-state index in [1.807, 2.05) is 0 Å². The molecule has 1 amide bonds. The van der Waals surface area contributed by atoms with Gasteiger partial charge in [0.15, 0.2) is 0 Å². The van der Waals surface area contributed by atoms with Crippen molar-refractivity contribution in [1.82, 2.24) is 5.32 Å². The summed E-state index contributed by atoms with van der Waals surface area (Å²) in [5.74, 6) is 1.83. The number of thioether (sulfide) groups is 1. The zero-order valence-corrected chi connectivity index (χ0v) is 11.6. The molecule has 2 rings (SSSR count). The molecule has 0 spiro atoms. The number of halogens is 1. The highest BCUT2D eigenvalue weighted by Gasteiger charge is 2.13. The van der Waals surface area contributed by atoms with E-state index in [2.05, 4.69) is 10.6 Å². The van der Waals surface area contributed by atoms with Crippen molar-refractivity contribution in [1.29, 1.82) is 0 Å². The molecule has 0 aromatic heterocycles. The van der Waals surface area contributed by atoms with Crippen LogP contribution in [-0.4, -0.2) is 30.5 Å². The fraction of sp³-hybridized carbons (Fsp3) is 0.500. The number of piperidine rings is 1. The number of hydrogen-bond donors (Lipinski definition) is 2. The van der Waals surface area contributed by atoms with Crippen molar-refractivity contribution < 1.29 is 9.18 Å². The van der Waals surface area contributed by atoms with E-state index in [1.54, 1.807) is 23.9 Å². The second-order valence-electron chi connectivity index (χ2n) is 4.78. The molecule has 2 N–H and O–H groups in total. The van der Waals surface area contributed by atoms with Crippen LogP contribution >= 0.6 is 11.8 Å². The van der Waals surface area contributed by atoms with Crippen molar-refractivity contribution >= 4 is 23.4 Å². The Hall–Kier alpha value is -1.07. The smallest absolute Gasteiger partial charge is 0.234 e. The molecule has 3 nitrogen and oxygen atoms in total. The first-order valence-electron chi connectivity index (χ1n) is 6.58. The second kappa shape index (κ2) is 7.50. The quantitative estimate of drug-likeness (QED) is 0.872. The van der Waals surface area contributed by atoms with Crippen LogP contribution in [0.5, 0.6) is 0 Å². The molecule has 0 aliphatic carbocycles. The van der Waals surface area contributed by atoms with Gasteiger partial charge in [-0.05, 0) is 61.9 Å². The van der Waals surface area contributed by atoms with E-state index in [1.165, 1.54) is 25.0 Å². The number of amides is 1. The van der Waals surface area contributed by atoms with Crippen molar-refractivity contribution in [2.75, 3.05) is 29.9 Å². The molecule has 19 heavy (non-hydrogen) atoms. The number of nitrogens with one attached hydrogen (secondary N) is 2. The highest BCUT2D eigenvalue weighted by molar-refractivity contribution is 7.99. The van der Waals surface area contributed by atoms with Crippen LogP contribution in [0.15, 0.2) is 24.3 Å². The molecule has 1 unspecified atom stereocenters. The Morgan fingerprint density at radius 3 is 2.89 bits per heavy atom. The third-order valence-electron chi connectivity index (χ3n) is 3.11. The molecule has 0 radical (unpaired) electrons. The third kappa shape index (κ3) is 5.20. The van der Waals surface area contributed by atoms with Crippen LogP contribution in [-0.2, 0) is 4.79 Å². The molecule has 1 aliphatic rings. The molecule has 1 fully saturated rings. The highest BCUT2D eigenvalue weighted by Crippen LogP contribution is 2.16. The SMILES string of the molecule is O=C(CSCC1CCCNC1)Nc1ccc(F)cc1. The van der Waals surface area contributed by atoms with Gasteiger partial charge in [0.25, 0.3) is 0 Å². The summed E-state index contributed by atoms with van der Waals surface area (Å²) in [5, 5.41) is 6.13. The molecule has 1 atom stereocenters. The summed E-state index contributed by atoms with van der Waals surface area (Å²) in [6.45, 7) is 2.18. The molecule has 5 heteroatoms. The predicted octanol–water partition coefficient (Wildman–Crippen LogP) is 2.50. The average Bonchev–Trinajstić information content (AvgIpc) is 2.43. The minimum atomic E-state index is -0.294. The number of hydrogen-bond acceptors (Lipinski definition) is 3. The lowest BCUT2D eigenvalue weighted by atomic mass is 10.0. The first kappa shape index (κ1) is 14.3. The van der Waals surface area contributed by atoms with Crippen molar-refractivity contribution in [2.45, 2.75) is 12.8 Å². The lowest BCUT2D eigenvalue weighted by molar-refractivity contribution is -0.113. The Labute approximate surface area is 117 Å². The van der Waals surface area contributed by atoms with Gasteiger partial charge in [0.2, 0.25) is 5.91 Å². The standard InChI is InChI=1S/C14H19FN2OS/c15-12-3-5-13(6-4-12)17-14(18)10-19-9-11-2-1-7-16-8-11/h3-6,11,16H,1-2,7-10H2,(H,17,18). The van der Waals surface area contributed by atoms with Gasteiger partial charge < -0.3 is 10.6 Å². The van der Waals surface area contributed by atoms with Crippen molar-refractivity contribution in [3.05, 3.63) is 30.1 Å². The average molecular weight is 282 g/mol. The first-order valence-corrected chi connectivity index (χ1v) is 7.73. The monoisotopic (exact) mass is 282 g/mol. The maximum absolute atomic E-state index is 12.7. The normalized spacial score (nSPS) is 19.1. The largest absolute Gasteiger partial charge is 0.325 e. The number of carbonyl (C=O) groups excluding carboxylic acids is 1. The summed E-state index contributed by atoms with van der Waals surface area (Å²) in [7, 11) is 0. The third-order valence-corrected chi connectivity index (χ3v) is 4.29. The number of anilines is 1. The topological polar surface area (TPSA) is 41.1 Å². The molecular weight excluding hydrogens is 263 g/mol. The predicted molar refractivity (Wildman–Crippen MR) is 77.9 cm³/mol. The fourth-order valence-corrected chi connectivity index (χ4v) is 3.11. The van der Waals surface area contributed by atoms with Gasteiger partial charge in [-0.3, -0.25) is 4.79 Å². The molecule has 1 aliphatic heterocycles. The second-order valence-corrected chi connectivity index (χ2v) is 5.81. The zero-order valence-electron chi connectivity index (χ0n) is 10.8. The van der Waals surface area contributed by atoms with Gasteiger partial charge in [-0.1, -0.05) is 0 Å². The molecule has 1 aromatic rings. The molecule has 1 aromatic carbocycles.